The number of hydrogen-bond acceptors (Lipinski definition) is 1. The molecule has 1 aromatic rings. The molecule has 0 fully saturated rings. The Morgan fingerprint density at radius 2 is 0.824 bits per heavy atom. The van der Waals surface area contributed by atoms with Gasteiger partial charge in [0.15, 0.2) is 0 Å². The predicted molar refractivity (Wildman–Crippen MR) is 162 cm³/mol. The summed E-state index contributed by atoms with van der Waals surface area (Å²) < 4.78 is 19.4. The van der Waals surface area contributed by atoms with Crippen LogP contribution in [0.1, 0.15) is 119 Å². The van der Waals surface area contributed by atoms with Gasteiger partial charge < -0.3 is 0 Å². The van der Waals surface area contributed by atoms with E-state index in [0.717, 1.165) is 5.75 Å². The van der Waals surface area contributed by atoms with Crippen LogP contribution in [0, 0.1) is 0 Å². The third-order valence-corrected chi connectivity index (χ3v) is 41.9. The first kappa shape index (κ1) is 32.6. The van der Waals surface area contributed by atoms with Crippen LogP contribution in [0.15, 0.2) is 18.2 Å². The zero-order valence-corrected chi connectivity index (χ0v) is 30.1. The SMILES string of the molecule is CCC[CH2][Sn]([CH2]CCC)([CH2]CCC)[c]1ccc(OC)c[c]1[Sn]([CH2]CCC)([CH2]CCC)[CH2]CCC. The molecular formula is C31H60OSn2. The molecule has 34 heavy (non-hydrogen) atoms. The summed E-state index contributed by atoms with van der Waals surface area (Å²) in [4.78, 5) is 0. The van der Waals surface area contributed by atoms with E-state index in [2.05, 4.69) is 59.7 Å². The zero-order valence-electron chi connectivity index (χ0n) is 24.4. The Labute approximate surface area is 223 Å². The van der Waals surface area contributed by atoms with Gasteiger partial charge in [0, 0.05) is 0 Å². The fourth-order valence-electron chi connectivity index (χ4n) is 6.20. The third kappa shape index (κ3) is 9.82. The van der Waals surface area contributed by atoms with Crippen molar-refractivity contribution in [1.29, 1.82) is 0 Å². The molecule has 0 amide bonds. The first-order chi connectivity index (χ1) is 16.5. The molecule has 1 rings (SSSR count). The summed E-state index contributed by atoms with van der Waals surface area (Å²) in [5, 5.41) is 0. The average molecular weight is 686 g/mol. The third-order valence-electron chi connectivity index (χ3n) is 8.42. The van der Waals surface area contributed by atoms with Gasteiger partial charge in [-0.05, 0) is 0 Å². The van der Waals surface area contributed by atoms with Crippen LogP contribution in [0.2, 0.25) is 26.6 Å². The maximum absolute atomic E-state index is 5.93. The molecule has 0 bridgehead atoms. The number of ether oxygens (including phenoxy) is 1. The standard InChI is InChI=1S/C7H6O.6C4H9.2Sn/c1-8-7-5-3-2-4-6-7;6*1-3-4-2;;/h3,5-6H,1H3;6*1,3-4H2,2H3;;. The minimum atomic E-state index is -2.57. The van der Waals surface area contributed by atoms with Crippen molar-refractivity contribution in [2.75, 3.05) is 7.11 Å². The van der Waals surface area contributed by atoms with Gasteiger partial charge in [0.05, 0.1) is 0 Å². The van der Waals surface area contributed by atoms with Crippen LogP contribution < -0.4 is 11.9 Å². The second kappa shape index (κ2) is 18.8. The summed E-state index contributed by atoms with van der Waals surface area (Å²) in [7, 11) is 1.89. The van der Waals surface area contributed by atoms with E-state index in [1.807, 2.05) is 14.3 Å². The maximum atomic E-state index is 5.93. The molecule has 0 heterocycles. The van der Waals surface area contributed by atoms with Crippen molar-refractivity contribution >= 4 is 43.9 Å². The van der Waals surface area contributed by atoms with Crippen LogP contribution in [-0.4, -0.2) is 43.9 Å². The Morgan fingerprint density at radius 3 is 1.12 bits per heavy atom. The topological polar surface area (TPSA) is 9.23 Å². The molecule has 0 aliphatic heterocycles. The molecule has 0 atom stereocenters. The summed E-state index contributed by atoms with van der Waals surface area (Å²) in [6.07, 6.45) is 16.8. The molecule has 3 heteroatoms. The molecule has 0 saturated carbocycles. The van der Waals surface area contributed by atoms with Gasteiger partial charge in [0.2, 0.25) is 0 Å². The van der Waals surface area contributed by atoms with Crippen LogP contribution >= 0.6 is 0 Å². The molecule has 0 aliphatic carbocycles. The fraction of sp³-hybridized carbons (Fsp3) is 0.806. The van der Waals surface area contributed by atoms with Gasteiger partial charge in [-0.3, -0.25) is 0 Å². The summed E-state index contributed by atoms with van der Waals surface area (Å²) in [5.74, 6) is 1.14. The van der Waals surface area contributed by atoms with Crippen molar-refractivity contribution < 1.29 is 4.74 Å². The van der Waals surface area contributed by atoms with E-state index in [4.69, 9.17) is 4.74 Å². The van der Waals surface area contributed by atoms with Gasteiger partial charge in [0.25, 0.3) is 0 Å². The molecule has 0 unspecified atom stereocenters. The van der Waals surface area contributed by atoms with Gasteiger partial charge in [-0.25, -0.2) is 0 Å². The Morgan fingerprint density at radius 1 is 0.500 bits per heavy atom. The number of rotatable bonds is 21. The van der Waals surface area contributed by atoms with E-state index in [0.29, 0.717) is 0 Å². The molecule has 0 aromatic heterocycles. The summed E-state index contributed by atoms with van der Waals surface area (Å²) in [6, 6.07) is 7.67. The molecule has 0 aliphatic rings. The van der Waals surface area contributed by atoms with Crippen molar-refractivity contribution in [3.63, 3.8) is 0 Å². The van der Waals surface area contributed by atoms with Gasteiger partial charge in [-0.2, -0.15) is 0 Å². The fourth-order valence-corrected chi connectivity index (χ4v) is 49.1. The second-order valence-corrected chi connectivity index (χ2v) is 37.3. The zero-order chi connectivity index (χ0) is 25.3. The first-order valence-corrected chi connectivity index (χ1v) is 30.2. The minimum absolute atomic E-state index is 1.14. The first-order valence-electron chi connectivity index (χ1n) is 15.2. The van der Waals surface area contributed by atoms with Gasteiger partial charge in [-0.15, -0.1) is 0 Å². The van der Waals surface area contributed by atoms with E-state index < -0.39 is 36.8 Å². The van der Waals surface area contributed by atoms with E-state index in [1.54, 1.807) is 26.6 Å². The Bertz CT molecular complexity index is 599. The number of unbranched alkanes of at least 4 members (excludes halogenated alkanes) is 6. The molecular weight excluding hydrogens is 626 g/mol. The molecule has 1 aromatic carbocycles. The Balaban J connectivity index is 3.84. The van der Waals surface area contributed by atoms with E-state index in [9.17, 15) is 0 Å². The van der Waals surface area contributed by atoms with E-state index in [-0.39, 0.29) is 0 Å². The van der Waals surface area contributed by atoms with Crippen molar-refractivity contribution in [3.05, 3.63) is 18.2 Å². The van der Waals surface area contributed by atoms with Crippen LogP contribution in [-0.2, 0) is 0 Å². The summed E-state index contributed by atoms with van der Waals surface area (Å²) in [5.41, 5.74) is 0. The van der Waals surface area contributed by atoms with Crippen molar-refractivity contribution in [3.8, 4) is 5.75 Å². The quantitative estimate of drug-likeness (QED) is 0.117. The predicted octanol–water partition coefficient (Wildman–Crippen LogP) is 9.81. The number of benzene rings is 1. The van der Waals surface area contributed by atoms with Gasteiger partial charge in [-0.1, -0.05) is 0 Å². The van der Waals surface area contributed by atoms with E-state index >= 15 is 0 Å². The molecule has 198 valence electrons. The van der Waals surface area contributed by atoms with Crippen LogP contribution in [0.4, 0.5) is 0 Å². The monoisotopic (exact) mass is 688 g/mol. The molecule has 1 nitrogen and oxygen atoms in total. The van der Waals surface area contributed by atoms with Crippen LogP contribution in [0.5, 0.6) is 5.75 Å². The number of methoxy groups -OCH3 is 1. The van der Waals surface area contributed by atoms with Crippen molar-refractivity contribution in [1.82, 2.24) is 0 Å². The normalized spacial score (nSPS) is 12.3. The second-order valence-electron chi connectivity index (χ2n) is 11.1. The molecule has 0 radical (unpaired) electrons. The molecule has 0 N–H and O–H groups in total. The van der Waals surface area contributed by atoms with Crippen LogP contribution in [0.25, 0.3) is 0 Å². The van der Waals surface area contributed by atoms with Crippen molar-refractivity contribution in [2.24, 2.45) is 0 Å². The van der Waals surface area contributed by atoms with Crippen LogP contribution in [0.3, 0.4) is 0 Å². The molecule has 0 spiro atoms. The van der Waals surface area contributed by atoms with Gasteiger partial charge >= 0.3 is 225 Å². The summed E-state index contributed by atoms with van der Waals surface area (Å²) in [6.45, 7) is 14.5. The summed E-state index contributed by atoms with van der Waals surface area (Å²) >= 11 is -5.10. The molecule has 0 saturated heterocycles. The van der Waals surface area contributed by atoms with Crippen molar-refractivity contribution in [2.45, 2.75) is 145 Å². The van der Waals surface area contributed by atoms with E-state index in [1.165, 1.54) is 77.0 Å². The van der Waals surface area contributed by atoms with Gasteiger partial charge in [0.1, 0.15) is 0 Å². The number of hydrogen-bond donors (Lipinski definition) is 0. The average Bonchev–Trinajstić information content (AvgIpc) is 2.88. The Kier molecular flexibility index (Phi) is 18.1. The Hall–Kier alpha value is 0.617.